The zero-order chi connectivity index (χ0) is 18.8. The number of amides is 3. The largest absolute Gasteiger partial charge is 0.331 e. The lowest BCUT2D eigenvalue weighted by atomic mass is 9.95. The van der Waals surface area contributed by atoms with E-state index in [9.17, 15) is 9.59 Å². The predicted molar refractivity (Wildman–Crippen MR) is 97.0 cm³/mol. The number of nitrogens with zero attached hydrogens (tertiary/aromatic N) is 5. The highest BCUT2D eigenvalue weighted by Crippen LogP contribution is 2.27. The van der Waals surface area contributed by atoms with Gasteiger partial charge < -0.3 is 0 Å². The van der Waals surface area contributed by atoms with Crippen LogP contribution in [-0.2, 0) is 4.79 Å². The summed E-state index contributed by atoms with van der Waals surface area (Å²) >= 11 is 6.20. The monoisotopic (exact) mass is 363 g/mol. The maximum Gasteiger partial charge on any atom is 0.331 e. The third-order valence-electron chi connectivity index (χ3n) is 3.64. The fourth-order valence-corrected chi connectivity index (χ4v) is 2.50. The Morgan fingerprint density at radius 1 is 1.32 bits per heavy atom. The maximum atomic E-state index is 12.8. The molecule has 7 nitrogen and oxygen atoms in total. The van der Waals surface area contributed by atoms with Crippen LogP contribution in [-0.4, -0.2) is 45.2 Å². The molecule has 0 aliphatic rings. The van der Waals surface area contributed by atoms with Gasteiger partial charge in [-0.2, -0.15) is 5.10 Å². The third kappa shape index (κ3) is 3.99. The summed E-state index contributed by atoms with van der Waals surface area (Å²) in [4.78, 5) is 31.9. The van der Waals surface area contributed by atoms with Crippen LogP contribution in [0.5, 0.6) is 0 Å². The van der Waals surface area contributed by atoms with Gasteiger partial charge in [0, 0.05) is 25.2 Å². The Morgan fingerprint density at radius 2 is 2.00 bits per heavy atom. The number of aromatic nitrogens is 3. The van der Waals surface area contributed by atoms with E-state index >= 15 is 0 Å². The second kappa shape index (κ2) is 7.23. The Bertz CT molecular complexity index is 767. The van der Waals surface area contributed by atoms with Crippen LogP contribution in [0.1, 0.15) is 27.7 Å². The first-order chi connectivity index (χ1) is 11.7. The van der Waals surface area contributed by atoms with Crippen molar-refractivity contribution >= 4 is 29.2 Å². The number of anilines is 1. The Balaban J connectivity index is 2.31. The number of rotatable bonds is 3. The van der Waals surface area contributed by atoms with Gasteiger partial charge >= 0.3 is 6.03 Å². The van der Waals surface area contributed by atoms with Crippen LogP contribution in [0, 0.1) is 5.41 Å². The second-order valence-electron chi connectivity index (χ2n) is 6.60. The predicted octanol–water partition coefficient (Wildman–Crippen LogP) is 3.37. The molecular formula is C17H22ClN5O2. The number of carbonyl (C=O) groups excluding carboxylic acids is 2. The fourth-order valence-electron chi connectivity index (χ4n) is 2.25. The molecule has 134 valence electrons. The van der Waals surface area contributed by atoms with Crippen molar-refractivity contribution in [3.63, 3.8) is 0 Å². The average Bonchev–Trinajstić information content (AvgIpc) is 2.96. The molecule has 0 atom stereocenters. The Hall–Kier alpha value is -2.41. The molecule has 0 radical (unpaired) electrons. The van der Waals surface area contributed by atoms with Crippen LogP contribution in [0.15, 0.2) is 30.7 Å². The van der Waals surface area contributed by atoms with Gasteiger partial charge in [-0.15, -0.1) is 0 Å². The minimum atomic E-state index is -0.657. The summed E-state index contributed by atoms with van der Waals surface area (Å²) in [7, 11) is 1.57. The molecule has 3 amide bonds. The van der Waals surface area contributed by atoms with Crippen LogP contribution in [0.2, 0.25) is 5.15 Å². The third-order valence-corrected chi connectivity index (χ3v) is 3.91. The molecule has 0 spiro atoms. The molecule has 0 bridgehead atoms. The number of pyridine rings is 1. The molecule has 0 saturated carbocycles. The molecule has 0 saturated heterocycles. The van der Waals surface area contributed by atoms with Gasteiger partial charge in [-0.1, -0.05) is 32.4 Å². The van der Waals surface area contributed by atoms with Crippen molar-refractivity contribution in [2.24, 2.45) is 5.41 Å². The topological polar surface area (TPSA) is 71.3 Å². The number of halogens is 1. The van der Waals surface area contributed by atoms with Gasteiger partial charge in [0.05, 0.1) is 18.1 Å². The number of hydrogen-bond donors (Lipinski definition) is 0. The zero-order valence-electron chi connectivity index (χ0n) is 15.0. The highest BCUT2D eigenvalue weighted by Gasteiger charge is 2.33. The highest BCUT2D eigenvalue weighted by molar-refractivity contribution is 6.32. The molecule has 8 heteroatoms. The van der Waals surface area contributed by atoms with Gasteiger partial charge in [0.2, 0.25) is 5.91 Å². The lowest BCUT2D eigenvalue weighted by molar-refractivity contribution is -0.136. The van der Waals surface area contributed by atoms with Crippen LogP contribution in [0.3, 0.4) is 0 Å². The van der Waals surface area contributed by atoms with Gasteiger partial charge in [0.1, 0.15) is 5.69 Å². The van der Waals surface area contributed by atoms with Crippen molar-refractivity contribution in [1.29, 1.82) is 0 Å². The number of carbonyl (C=O) groups is 2. The molecule has 2 aromatic rings. The van der Waals surface area contributed by atoms with Crippen molar-refractivity contribution in [3.8, 4) is 5.69 Å². The molecule has 0 fully saturated rings. The van der Waals surface area contributed by atoms with Crippen molar-refractivity contribution in [3.05, 3.63) is 35.9 Å². The van der Waals surface area contributed by atoms with E-state index in [4.69, 9.17) is 11.6 Å². The summed E-state index contributed by atoms with van der Waals surface area (Å²) in [5, 5.41) is 4.37. The van der Waals surface area contributed by atoms with E-state index in [1.165, 1.54) is 14.5 Å². The SMILES string of the molecule is CCN(C(=O)N(C)c1cn(-c2cccnc2)nc1Cl)C(=O)C(C)(C)C. The highest BCUT2D eigenvalue weighted by atomic mass is 35.5. The Morgan fingerprint density at radius 3 is 2.52 bits per heavy atom. The van der Waals surface area contributed by atoms with E-state index < -0.39 is 11.4 Å². The lowest BCUT2D eigenvalue weighted by Crippen LogP contribution is -2.48. The van der Waals surface area contributed by atoms with Crippen LogP contribution < -0.4 is 4.90 Å². The molecule has 0 aliphatic heterocycles. The van der Waals surface area contributed by atoms with E-state index in [1.54, 1.807) is 59.4 Å². The summed E-state index contributed by atoms with van der Waals surface area (Å²) in [6.07, 6.45) is 4.92. The standard InChI is InChI=1S/C17H22ClN5O2/c1-6-22(15(24)17(2,3)4)16(25)21(5)13-11-23(20-14(13)18)12-8-7-9-19-10-12/h7-11H,6H2,1-5H3. The minimum absolute atomic E-state index is 0.166. The molecule has 25 heavy (non-hydrogen) atoms. The molecular weight excluding hydrogens is 342 g/mol. The normalized spacial score (nSPS) is 11.3. The van der Waals surface area contributed by atoms with Gasteiger partial charge in [0.25, 0.3) is 0 Å². The smallest absolute Gasteiger partial charge is 0.293 e. The van der Waals surface area contributed by atoms with Crippen LogP contribution in [0.25, 0.3) is 5.69 Å². The fraction of sp³-hybridized carbons (Fsp3) is 0.412. The number of urea groups is 1. The van der Waals surface area contributed by atoms with E-state index in [-0.39, 0.29) is 17.6 Å². The lowest BCUT2D eigenvalue weighted by Gasteiger charge is -2.30. The van der Waals surface area contributed by atoms with Gasteiger partial charge in [-0.3, -0.25) is 19.6 Å². The van der Waals surface area contributed by atoms with Gasteiger partial charge in [-0.25, -0.2) is 9.48 Å². The Kier molecular flexibility index (Phi) is 5.47. The molecule has 2 aromatic heterocycles. The summed E-state index contributed by atoms with van der Waals surface area (Å²) < 4.78 is 1.54. The zero-order valence-corrected chi connectivity index (χ0v) is 15.8. The molecule has 2 rings (SSSR count). The van der Waals surface area contributed by atoms with E-state index in [2.05, 4.69) is 10.1 Å². The molecule has 0 aromatic carbocycles. The van der Waals surface area contributed by atoms with Crippen LogP contribution in [0.4, 0.5) is 10.5 Å². The van der Waals surface area contributed by atoms with E-state index in [0.717, 1.165) is 5.69 Å². The number of hydrogen-bond acceptors (Lipinski definition) is 4. The van der Waals surface area contributed by atoms with Crippen molar-refractivity contribution < 1.29 is 9.59 Å². The molecule has 0 unspecified atom stereocenters. The second-order valence-corrected chi connectivity index (χ2v) is 6.96. The number of imide groups is 1. The Labute approximate surface area is 152 Å². The first kappa shape index (κ1) is 18.9. The summed E-state index contributed by atoms with van der Waals surface area (Å²) in [5.74, 6) is -0.248. The van der Waals surface area contributed by atoms with Gasteiger partial charge in [0.15, 0.2) is 5.15 Å². The average molecular weight is 364 g/mol. The quantitative estimate of drug-likeness (QED) is 0.838. The van der Waals surface area contributed by atoms with E-state index in [1.807, 2.05) is 6.07 Å². The molecule has 0 N–H and O–H groups in total. The first-order valence-corrected chi connectivity index (χ1v) is 8.29. The molecule has 2 heterocycles. The summed E-state index contributed by atoms with van der Waals surface area (Å²) in [6.45, 7) is 7.36. The van der Waals surface area contributed by atoms with E-state index in [0.29, 0.717) is 5.69 Å². The molecule has 0 aliphatic carbocycles. The van der Waals surface area contributed by atoms with Crippen molar-refractivity contribution in [2.75, 3.05) is 18.5 Å². The maximum absolute atomic E-state index is 12.8. The van der Waals surface area contributed by atoms with Crippen LogP contribution >= 0.6 is 11.6 Å². The van der Waals surface area contributed by atoms with Crippen molar-refractivity contribution in [2.45, 2.75) is 27.7 Å². The van der Waals surface area contributed by atoms with Gasteiger partial charge in [-0.05, 0) is 19.1 Å². The summed E-state index contributed by atoms with van der Waals surface area (Å²) in [6, 6.07) is 3.15. The van der Waals surface area contributed by atoms with Crippen molar-refractivity contribution in [1.82, 2.24) is 19.7 Å². The first-order valence-electron chi connectivity index (χ1n) is 7.92. The summed E-state index contributed by atoms with van der Waals surface area (Å²) in [5.41, 5.74) is 0.473. The minimum Gasteiger partial charge on any atom is -0.293 e.